The van der Waals surface area contributed by atoms with Crippen LogP contribution >= 0.6 is 0 Å². The van der Waals surface area contributed by atoms with Gasteiger partial charge < -0.3 is 0 Å². The molecule has 0 aromatic heterocycles. The fourth-order valence-electron chi connectivity index (χ4n) is 1.71. The minimum atomic E-state index is 0.721. The first-order valence-electron chi connectivity index (χ1n) is 4.40. The zero-order valence-corrected chi connectivity index (χ0v) is 8.23. The Bertz CT molecular complexity index is 218. The van der Waals surface area contributed by atoms with Crippen LogP contribution in [0, 0.1) is 11.8 Å². The summed E-state index contributed by atoms with van der Waals surface area (Å²) in [5, 5.41) is 0. The van der Waals surface area contributed by atoms with Gasteiger partial charge in [-0.3, -0.25) is 0 Å². The van der Waals surface area contributed by atoms with Crippen molar-refractivity contribution in [3.63, 3.8) is 0 Å². The fraction of sp³-hybridized carbons (Fsp3) is 0.636. The molecule has 1 aliphatic rings. The van der Waals surface area contributed by atoms with Crippen molar-refractivity contribution < 1.29 is 0 Å². The van der Waals surface area contributed by atoms with Crippen molar-refractivity contribution in [3.8, 4) is 0 Å². The molecule has 1 aliphatic carbocycles. The van der Waals surface area contributed by atoms with Gasteiger partial charge in [0, 0.05) is 0 Å². The van der Waals surface area contributed by atoms with Crippen LogP contribution in [0.25, 0.3) is 0 Å². The van der Waals surface area contributed by atoms with E-state index in [-0.39, 0.29) is 0 Å². The first kappa shape index (κ1) is 8.58. The Hall–Kier alpha value is -0.520. The molecule has 62 valence electrons. The van der Waals surface area contributed by atoms with E-state index in [4.69, 9.17) is 0 Å². The Morgan fingerprint density at radius 3 is 2.18 bits per heavy atom. The number of hydrogen-bond donors (Lipinski definition) is 0. The summed E-state index contributed by atoms with van der Waals surface area (Å²) in [6.07, 6.45) is 2.38. The van der Waals surface area contributed by atoms with E-state index in [0.717, 1.165) is 11.8 Å². The van der Waals surface area contributed by atoms with Crippen LogP contribution in [-0.2, 0) is 0 Å². The molecule has 0 amide bonds. The smallest absolute Gasteiger partial charge is 0.0168 e. The Morgan fingerprint density at radius 1 is 1.09 bits per heavy atom. The standard InChI is InChI=1S/C11H18/c1-7-6-8(2)10(4)11(5)9(7)3/h6-7,9H,1-5H3/t7?,9-/m0/s1. The largest absolute Gasteiger partial charge is 0.0779 e. The second-order valence-corrected chi connectivity index (χ2v) is 3.81. The SMILES string of the molecule is CC1=CC(C)[C@H](C)C(C)=C1C. The third-order valence-corrected chi connectivity index (χ3v) is 3.17. The molecule has 0 nitrogen and oxygen atoms in total. The summed E-state index contributed by atoms with van der Waals surface area (Å²) < 4.78 is 0. The maximum Gasteiger partial charge on any atom is -0.0168 e. The molecule has 0 heterocycles. The molecule has 11 heavy (non-hydrogen) atoms. The van der Waals surface area contributed by atoms with Crippen molar-refractivity contribution in [2.24, 2.45) is 11.8 Å². The van der Waals surface area contributed by atoms with E-state index in [1.807, 2.05) is 0 Å². The number of allylic oxidation sites excluding steroid dienone is 4. The van der Waals surface area contributed by atoms with Crippen molar-refractivity contribution in [2.45, 2.75) is 34.6 Å². The lowest BCUT2D eigenvalue weighted by molar-refractivity contribution is 0.513. The van der Waals surface area contributed by atoms with Gasteiger partial charge in [0.25, 0.3) is 0 Å². The van der Waals surface area contributed by atoms with Gasteiger partial charge in [-0.2, -0.15) is 0 Å². The molecule has 0 aromatic carbocycles. The van der Waals surface area contributed by atoms with E-state index in [1.165, 1.54) is 11.1 Å². The van der Waals surface area contributed by atoms with Crippen LogP contribution in [0.5, 0.6) is 0 Å². The number of hydrogen-bond acceptors (Lipinski definition) is 0. The van der Waals surface area contributed by atoms with E-state index in [1.54, 1.807) is 5.57 Å². The average Bonchev–Trinajstić information content (AvgIpc) is 1.97. The highest BCUT2D eigenvalue weighted by Gasteiger charge is 2.18. The van der Waals surface area contributed by atoms with Gasteiger partial charge in [-0.15, -0.1) is 0 Å². The average molecular weight is 150 g/mol. The van der Waals surface area contributed by atoms with Crippen LogP contribution in [0.3, 0.4) is 0 Å². The van der Waals surface area contributed by atoms with Crippen molar-refractivity contribution in [3.05, 3.63) is 22.8 Å². The second-order valence-electron chi connectivity index (χ2n) is 3.81. The number of rotatable bonds is 0. The summed E-state index contributed by atoms with van der Waals surface area (Å²) >= 11 is 0. The molecule has 0 spiro atoms. The molecular weight excluding hydrogens is 132 g/mol. The van der Waals surface area contributed by atoms with E-state index in [0.29, 0.717) is 0 Å². The minimum Gasteiger partial charge on any atom is -0.0779 e. The third kappa shape index (κ3) is 1.40. The molecule has 0 heteroatoms. The first-order valence-corrected chi connectivity index (χ1v) is 4.40. The summed E-state index contributed by atoms with van der Waals surface area (Å²) in [4.78, 5) is 0. The first-order chi connectivity index (χ1) is 5.04. The summed E-state index contributed by atoms with van der Waals surface area (Å²) in [7, 11) is 0. The van der Waals surface area contributed by atoms with Gasteiger partial charge in [-0.05, 0) is 38.2 Å². The molecule has 1 unspecified atom stereocenters. The molecule has 0 bridgehead atoms. The fourth-order valence-corrected chi connectivity index (χ4v) is 1.71. The summed E-state index contributed by atoms with van der Waals surface area (Å²) in [5.41, 5.74) is 4.53. The molecule has 0 radical (unpaired) electrons. The maximum absolute atomic E-state index is 2.38. The zero-order chi connectivity index (χ0) is 8.59. The highest BCUT2D eigenvalue weighted by atomic mass is 14.2. The van der Waals surface area contributed by atoms with Crippen LogP contribution in [0.2, 0.25) is 0 Å². The van der Waals surface area contributed by atoms with Gasteiger partial charge in [-0.25, -0.2) is 0 Å². The summed E-state index contributed by atoms with van der Waals surface area (Å²) in [6, 6.07) is 0. The second kappa shape index (κ2) is 2.84. The molecular formula is C11H18. The van der Waals surface area contributed by atoms with Crippen molar-refractivity contribution in [1.29, 1.82) is 0 Å². The third-order valence-electron chi connectivity index (χ3n) is 3.17. The van der Waals surface area contributed by atoms with E-state index < -0.39 is 0 Å². The summed E-state index contributed by atoms with van der Waals surface area (Å²) in [6.45, 7) is 11.3. The van der Waals surface area contributed by atoms with Gasteiger partial charge in [-0.1, -0.05) is 31.1 Å². The molecule has 0 N–H and O–H groups in total. The van der Waals surface area contributed by atoms with Crippen molar-refractivity contribution >= 4 is 0 Å². The Labute approximate surface area is 70.0 Å². The van der Waals surface area contributed by atoms with Gasteiger partial charge in [0.15, 0.2) is 0 Å². The Kier molecular flexibility index (Phi) is 2.22. The van der Waals surface area contributed by atoms with Gasteiger partial charge in [0.1, 0.15) is 0 Å². The highest BCUT2D eigenvalue weighted by molar-refractivity contribution is 5.36. The molecule has 0 saturated heterocycles. The lowest BCUT2D eigenvalue weighted by Crippen LogP contribution is -2.13. The highest BCUT2D eigenvalue weighted by Crippen LogP contribution is 2.32. The lowest BCUT2D eigenvalue weighted by atomic mass is 9.79. The van der Waals surface area contributed by atoms with Gasteiger partial charge in [0.05, 0.1) is 0 Å². The van der Waals surface area contributed by atoms with E-state index in [9.17, 15) is 0 Å². The molecule has 0 aromatic rings. The molecule has 0 fully saturated rings. The van der Waals surface area contributed by atoms with Crippen molar-refractivity contribution in [2.75, 3.05) is 0 Å². The minimum absolute atomic E-state index is 0.721. The van der Waals surface area contributed by atoms with Crippen molar-refractivity contribution in [1.82, 2.24) is 0 Å². The summed E-state index contributed by atoms with van der Waals surface area (Å²) in [5.74, 6) is 1.46. The maximum atomic E-state index is 2.38. The van der Waals surface area contributed by atoms with Crippen LogP contribution < -0.4 is 0 Å². The molecule has 2 atom stereocenters. The lowest BCUT2D eigenvalue weighted by Gasteiger charge is -2.26. The molecule has 0 aliphatic heterocycles. The molecule has 0 saturated carbocycles. The van der Waals surface area contributed by atoms with E-state index >= 15 is 0 Å². The monoisotopic (exact) mass is 150 g/mol. The zero-order valence-electron chi connectivity index (χ0n) is 8.23. The van der Waals surface area contributed by atoms with E-state index in [2.05, 4.69) is 40.7 Å². The Morgan fingerprint density at radius 2 is 1.64 bits per heavy atom. The van der Waals surface area contributed by atoms with Crippen LogP contribution in [-0.4, -0.2) is 0 Å². The topological polar surface area (TPSA) is 0 Å². The predicted octanol–water partition coefficient (Wildman–Crippen LogP) is 3.55. The van der Waals surface area contributed by atoms with Crippen LogP contribution in [0.15, 0.2) is 22.8 Å². The van der Waals surface area contributed by atoms with Gasteiger partial charge >= 0.3 is 0 Å². The van der Waals surface area contributed by atoms with Crippen LogP contribution in [0.4, 0.5) is 0 Å². The quantitative estimate of drug-likeness (QED) is 0.495. The van der Waals surface area contributed by atoms with Crippen LogP contribution in [0.1, 0.15) is 34.6 Å². The molecule has 1 rings (SSSR count). The normalized spacial score (nSPS) is 32.3. The Balaban J connectivity index is 3.02. The van der Waals surface area contributed by atoms with Gasteiger partial charge in [0.2, 0.25) is 0 Å². The predicted molar refractivity (Wildman–Crippen MR) is 50.5 cm³/mol.